The highest BCUT2D eigenvalue weighted by atomic mass is 19.2. The summed E-state index contributed by atoms with van der Waals surface area (Å²) in [6.07, 6.45) is 0. The number of carbonyl (C=O) groups is 1. The van der Waals surface area contributed by atoms with Gasteiger partial charge in [-0.2, -0.15) is 0 Å². The van der Waals surface area contributed by atoms with Crippen molar-refractivity contribution in [1.29, 1.82) is 0 Å². The molecule has 4 rings (SSSR count). The van der Waals surface area contributed by atoms with E-state index in [0.717, 1.165) is 24.8 Å². The minimum absolute atomic E-state index is 0.181. The van der Waals surface area contributed by atoms with Gasteiger partial charge in [0.1, 0.15) is 0 Å². The molecular weight excluding hydrogens is 384 g/mol. The lowest BCUT2D eigenvalue weighted by atomic mass is 10.2. The molecule has 1 amide bonds. The molecule has 0 atom stereocenters. The van der Waals surface area contributed by atoms with E-state index in [2.05, 4.69) is 25.7 Å². The van der Waals surface area contributed by atoms with Crippen LogP contribution in [0.1, 0.15) is 10.7 Å². The van der Waals surface area contributed by atoms with Gasteiger partial charge in [-0.3, -0.25) is 4.79 Å². The second-order valence-electron chi connectivity index (χ2n) is 6.24. The van der Waals surface area contributed by atoms with Crippen molar-refractivity contribution in [3.05, 3.63) is 60.0 Å². The molecule has 1 saturated heterocycles. The number of aromatic nitrogens is 2. The molecule has 0 saturated carbocycles. The molecule has 0 radical (unpaired) electrons. The Balaban J connectivity index is 1.39. The van der Waals surface area contributed by atoms with Crippen molar-refractivity contribution in [3.8, 4) is 0 Å². The molecule has 2 aromatic carbocycles. The largest absolute Gasteiger partial charge is 0.399 e. The van der Waals surface area contributed by atoms with E-state index in [1.165, 1.54) is 12.1 Å². The highest BCUT2D eigenvalue weighted by Crippen LogP contribution is 2.22. The monoisotopic (exact) mass is 401 g/mol. The molecular formula is C19H17F2N5O3. The van der Waals surface area contributed by atoms with Crippen LogP contribution in [0, 0.1) is 11.6 Å². The van der Waals surface area contributed by atoms with Crippen molar-refractivity contribution in [3.63, 3.8) is 0 Å². The maximum Gasteiger partial charge on any atom is 0.320 e. The number of hydrogen-bond acceptors (Lipinski definition) is 7. The fourth-order valence-electron chi connectivity index (χ4n) is 2.84. The first-order chi connectivity index (χ1) is 14.1. The number of amides is 1. The van der Waals surface area contributed by atoms with Gasteiger partial charge < -0.3 is 24.7 Å². The molecule has 0 unspecified atom stereocenters. The molecule has 1 aliphatic rings. The van der Waals surface area contributed by atoms with Gasteiger partial charge in [-0.05, 0) is 36.4 Å². The van der Waals surface area contributed by atoms with Crippen LogP contribution >= 0.6 is 0 Å². The summed E-state index contributed by atoms with van der Waals surface area (Å²) >= 11 is 0. The minimum Gasteiger partial charge on any atom is -0.399 e. The predicted molar refractivity (Wildman–Crippen MR) is 101 cm³/mol. The number of anilines is 4. The lowest BCUT2D eigenvalue weighted by molar-refractivity contribution is 0.0991. The summed E-state index contributed by atoms with van der Waals surface area (Å²) in [5.74, 6) is -3.05. The summed E-state index contributed by atoms with van der Waals surface area (Å²) in [6, 6.07) is 10.7. The molecule has 0 aliphatic carbocycles. The van der Waals surface area contributed by atoms with Gasteiger partial charge in [0.05, 0.1) is 18.9 Å². The third-order valence-corrected chi connectivity index (χ3v) is 4.31. The number of carbonyl (C=O) groups excluding carboxylic acids is 1. The average molecular weight is 401 g/mol. The Morgan fingerprint density at radius 3 is 2.55 bits per heavy atom. The minimum atomic E-state index is -1.09. The second-order valence-corrected chi connectivity index (χ2v) is 6.24. The maximum atomic E-state index is 13.7. The first kappa shape index (κ1) is 18.8. The molecule has 2 heterocycles. The number of hydrogen-bond donors (Lipinski definition) is 2. The van der Waals surface area contributed by atoms with Crippen LogP contribution in [-0.4, -0.2) is 42.4 Å². The molecule has 1 aromatic heterocycles. The van der Waals surface area contributed by atoms with Crippen LogP contribution in [0.25, 0.3) is 0 Å². The highest BCUT2D eigenvalue weighted by molar-refractivity contribution is 6.01. The number of benzene rings is 2. The van der Waals surface area contributed by atoms with Crippen molar-refractivity contribution in [2.75, 3.05) is 41.8 Å². The number of ether oxygens (including phenoxy) is 1. The fourth-order valence-corrected chi connectivity index (χ4v) is 2.84. The number of rotatable bonds is 5. The van der Waals surface area contributed by atoms with Crippen LogP contribution in [0.15, 0.2) is 46.9 Å². The molecule has 2 N–H and O–H groups in total. The van der Waals surface area contributed by atoms with Gasteiger partial charge in [0.2, 0.25) is 0 Å². The van der Waals surface area contributed by atoms with Crippen LogP contribution < -0.4 is 15.5 Å². The molecule has 0 spiro atoms. The van der Waals surface area contributed by atoms with Crippen LogP contribution in [0.3, 0.4) is 0 Å². The summed E-state index contributed by atoms with van der Waals surface area (Å²) in [5.41, 5.74) is 1.41. The summed E-state index contributed by atoms with van der Waals surface area (Å²) in [4.78, 5) is 14.5. The molecule has 3 aromatic rings. The Labute approximate surface area is 164 Å². The van der Waals surface area contributed by atoms with Crippen molar-refractivity contribution in [2.24, 2.45) is 0 Å². The SMILES string of the molecule is O=C(Nc1ccc(N2CCOCC2)cc1)c1nnc(Nc2cccc(F)c2F)o1. The van der Waals surface area contributed by atoms with Crippen LogP contribution in [0.4, 0.5) is 31.9 Å². The van der Waals surface area contributed by atoms with Crippen LogP contribution in [0.2, 0.25) is 0 Å². The van der Waals surface area contributed by atoms with Gasteiger partial charge in [-0.1, -0.05) is 11.2 Å². The van der Waals surface area contributed by atoms with E-state index in [4.69, 9.17) is 9.15 Å². The lowest BCUT2D eigenvalue weighted by Crippen LogP contribution is -2.36. The highest BCUT2D eigenvalue weighted by Gasteiger charge is 2.17. The first-order valence-corrected chi connectivity index (χ1v) is 8.89. The Morgan fingerprint density at radius 1 is 1.03 bits per heavy atom. The molecule has 1 aliphatic heterocycles. The normalized spacial score (nSPS) is 13.9. The zero-order chi connectivity index (χ0) is 20.2. The Hall–Kier alpha value is -3.53. The number of nitrogens with one attached hydrogen (secondary N) is 2. The zero-order valence-electron chi connectivity index (χ0n) is 15.2. The van der Waals surface area contributed by atoms with Crippen molar-refractivity contribution < 1.29 is 22.7 Å². The average Bonchev–Trinajstić information content (AvgIpc) is 3.21. The van der Waals surface area contributed by atoms with E-state index < -0.39 is 17.5 Å². The Bertz CT molecular complexity index is 1000. The topological polar surface area (TPSA) is 92.5 Å². The van der Waals surface area contributed by atoms with Gasteiger partial charge in [0.25, 0.3) is 0 Å². The smallest absolute Gasteiger partial charge is 0.320 e. The van der Waals surface area contributed by atoms with E-state index >= 15 is 0 Å². The molecule has 1 fully saturated rings. The molecule has 0 bridgehead atoms. The maximum absolute atomic E-state index is 13.7. The number of morpholine rings is 1. The van der Waals surface area contributed by atoms with E-state index in [-0.39, 0.29) is 17.6 Å². The van der Waals surface area contributed by atoms with Gasteiger partial charge in [0.15, 0.2) is 11.6 Å². The molecule has 29 heavy (non-hydrogen) atoms. The van der Waals surface area contributed by atoms with Crippen LogP contribution in [0.5, 0.6) is 0 Å². The Kier molecular flexibility index (Phi) is 5.34. The molecule has 8 nitrogen and oxygen atoms in total. The predicted octanol–water partition coefficient (Wildman–Crippen LogP) is 3.18. The van der Waals surface area contributed by atoms with E-state index in [0.29, 0.717) is 18.9 Å². The van der Waals surface area contributed by atoms with E-state index in [1.54, 1.807) is 12.1 Å². The van der Waals surface area contributed by atoms with Crippen molar-refractivity contribution in [1.82, 2.24) is 10.2 Å². The van der Waals surface area contributed by atoms with Gasteiger partial charge in [-0.25, -0.2) is 8.78 Å². The number of nitrogens with zero attached hydrogens (tertiary/aromatic N) is 3. The fraction of sp³-hybridized carbons (Fsp3) is 0.211. The van der Waals surface area contributed by atoms with Gasteiger partial charge >= 0.3 is 17.8 Å². The van der Waals surface area contributed by atoms with Crippen molar-refractivity contribution >= 4 is 29.0 Å². The Morgan fingerprint density at radius 2 is 1.79 bits per heavy atom. The van der Waals surface area contributed by atoms with Crippen LogP contribution in [-0.2, 0) is 4.74 Å². The van der Waals surface area contributed by atoms with Crippen molar-refractivity contribution in [2.45, 2.75) is 0 Å². The van der Waals surface area contributed by atoms with Gasteiger partial charge in [0, 0.05) is 24.5 Å². The second kappa shape index (κ2) is 8.23. The summed E-state index contributed by atoms with van der Waals surface area (Å²) in [6.45, 7) is 3.00. The van der Waals surface area contributed by atoms with E-state index in [1.807, 2.05) is 12.1 Å². The lowest BCUT2D eigenvalue weighted by Gasteiger charge is -2.28. The third-order valence-electron chi connectivity index (χ3n) is 4.31. The first-order valence-electron chi connectivity index (χ1n) is 8.89. The summed E-state index contributed by atoms with van der Waals surface area (Å²) in [5, 5.41) is 12.3. The quantitative estimate of drug-likeness (QED) is 0.678. The third kappa shape index (κ3) is 4.32. The molecule has 150 valence electrons. The van der Waals surface area contributed by atoms with Gasteiger partial charge in [-0.15, -0.1) is 5.10 Å². The summed E-state index contributed by atoms with van der Waals surface area (Å²) < 4.78 is 37.5. The van der Waals surface area contributed by atoms with E-state index in [9.17, 15) is 13.6 Å². The summed E-state index contributed by atoms with van der Waals surface area (Å²) in [7, 11) is 0. The zero-order valence-corrected chi connectivity index (χ0v) is 15.2. The molecule has 10 heteroatoms. The standard InChI is InChI=1S/C19H17F2N5O3/c20-14-2-1-3-15(16(14)21)23-19-25-24-18(29-19)17(27)22-12-4-6-13(7-5-12)26-8-10-28-11-9-26/h1-7H,8-11H2,(H,22,27)(H,23,25). The number of halogens is 2.